The highest BCUT2D eigenvalue weighted by atomic mass is 127. The van der Waals surface area contributed by atoms with E-state index >= 15 is 0 Å². The van der Waals surface area contributed by atoms with Gasteiger partial charge in [0.05, 0.1) is 5.41 Å². The van der Waals surface area contributed by atoms with Crippen molar-refractivity contribution >= 4 is 35.8 Å². The Hall–Kier alpha value is -0.570. The van der Waals surface area contributed by atoms with E-state index in [2.05, 4.69) is 34.8 Å². The largest absolute Gasteiger partial charge is 0.381 e. The fraction of sp³-hybridized carbons (Fsp3) is 0.875. The molecule has 0 heterocycles. The molecule has 6 nitrogen and oxygen atoms in total. The first-order valence-electron chi connectivity index (χ1n) is 8.14. The Morgan fingerprint density at radius 1 is 1.22 bits per heavy atom. The molecular weight excluding hydrogens is 407 g/mol. The average Bonchev–Trinajstić information content (AvgIpc) is 2.45. The van der Waals surface area contributed by atoms with Gasteiger partial charge in [0.15, 0.2) is 5.96 Å². The molecule has 0 unspecified atom stereocenters. The molecule has 0 radical (unpaired) electrons. The number of carbonyl (C=O) groups excluding carboxylic acids is 1. The summed E-state index contributed by atoms with van der Waals surface area (Å²) in [6, 6.07) is 0. The molecule has 0 spiro atoms. The number of nitrogens with zero attached hydrogens (tertiary/aromatic N) is 1. The molecule has 0 aliphatic heterocycles. The van der Waals surface area contributed by atoms with Crippen LogP contribution in [0.15, 0.2) is 4.99 Å². The van der Waals surface area contributed by atoms with Crippen molar-refractivity contribution in [3.05, 3.63) is 0 Å². The number of hydrogen-bond acceptors (Lipinski definition) is 3. The van der Waals surface area contributed by atoms with Crippen molar-refractivity contribution in [1.29, 1.82) is 0 Å². The van der Waals surface area contributed by atoms with Gasteiger partial charge in [0, 0.05) is 39.9 Å². The van der Waals surface area contributed by atoms with Crippen molar-refractivity contribution in [2.45, 2.75) is 41.0 Å². The molecule has 0 fully saturated rings. The van der Waals surface area contributed by atoms with Crippen LogP contribution in [-0.2, 0) is 9.53 Å². The van der Waals surface area contributed by atoms with Crippen LogP contribution in [0.4, 0.5) is 0 Å². The average molecular weight is 442 g/mol. The van der Waals surface area contributed by atoms with E-state index in [1.807, 2.05) is 20.8 Å². The number of hydrogen-bond donors (Lipinski definition) is 3. The van der Waals surface area contributed by atoms with E-state index in [4.69, 9.17) is 4.74 Å². The van der Waals surface area contributed by atoms with Crippen LogP contribution < -0.4 is 16.0 Å². The van der Waals surface area contributed by atoms with Gasteiger partial charge in [-0.15, -0.1) is 24.0 Å². The molecular formula is C16H35IN4O2. The van der Waals surface area contributed by atoms with E-state index in [0.29, 0.717) is 25.0 Å². The van der Waals surface area contributed by atoms with Crippen molar-refractivity contribution in [2.24, 2.45) is 16.3 Å². The van der Waals surface area contributed by atoms with Gasteiger partial charge >= 0.3 is 0 Å². The molecule has 0 rings (SSSR count). The van der Waals surface area contributed by atoms with E-state index in [0.717, 1.165) is 26.2 Å². The Balaban J connectivity index is 0. The number of rotatable bonds is 10. The van der Waals surface area contributed by atoms with Crippen molar-refractivity contribution < 1.29 is 9.53 Å². The summed E-state index contributed by atoms with van der Waals surface area (Å²) in [5.41, 5.74) is -0.478. The van der Waals surface area contributed by atoms with Gasteiger partial charge in [0.1, 0.15) is 0 Å². The highest BCUT2D eigenvalue weighted by Crippen LogP contribution is 2.13. The predicted molar refractivity (Wildman–Crippen MR) is 108 cm³/mol. The fourth-order valence-corrected chi connectivity index (χ4v) is 1.71. The molecule has 1 amide bonds. The van der Waals surface area contributed by atoms with Crippen molar-refractivity contribution in [2.75, 3.05) is 39.9 Å². The lowest BCUT2D eigenvalue weighted by atomic mass is 9.92. The number of guanidine groups is 1. The van der Waals surface area contributed by atoms with E-state index in [9.17, 15) is 4.79 Å². The van der Waals surface area contributed by atoms with E-state index in [1.54, 1.807) is 7.05 Å². The third-order valence-electron chi connectivity index (χ3n) is 3.08. The Morgan fingerprint density at radius 3 is 2.39 bits per heavy atom. The summed E-state index contributed by atoms with van der Waals surface area (Å²) < 4.78 is 5.53. The van der Waals surface area contributed by atoms with Crippen LogP contribution in [0.25, 0.3) is 0 Å². The number of nitrogens with one attached hydrogen (secondary N) is 3. The van der Waals surface area contributed by atoms with E-state index < -0.39 is 5.41 Å². The lowest BCUT2D eigenvalue weighted by Gasteiger charge is -2.24. The van der Waals surface area contributed by atoms with Crippen LogP contribution in [-0.4, -0.2) is 51.8 Å². The summed E-state index contributed by atoms with van der Waals surface area (Å²) in [5, 5.41) is 9.27. The molecule has 0 saturated heterocycles. The molecule has 7 heteroatoms. The monoisotopic (exact) mass is 442 g/mol. The Kier molecular flexibility index (Phi) is 14.8. The molecule has 138 valence electrons. The molecule has 0 saturated carbocycles. The molecule has 0 atom stereocenters. The van der Waals surface area contributed by atoms with Gasteiger partial charge in [-0.1, -0.05) is 13.8 Å². The standard InChI is InChI=1S/C16H34N4O2.HI/c1-7-18-14(21)16(4,5)12-20-15(17-6)19-9-8-10-22-11-13(2)3;/h13H,7-12H2,1-6H3,(H,18,21)(H2,17,19,20);1H. The van der Waals surface area contributed by atoms with E-state index in [1.165, 1.54) is 0 Å². The maximum absolute atomic E-state index is 11.9. The molecule has 3 N–H and O–H groups in total. The summed E-state index contributed by atoms with van der Waals surface area (Å²) in [6.07, 6.45) is 0.924. The first-order valence-corrected chi connectivity index (χ1v) is 8.14. The minimum absolute atomic E-state index is 0. The van der Waals surface area contributed by atoms with Crippen molar-refractivity contribution in [3.63, 3.8) is 0 Å². The molecule has 0 aliphatic carbocycles. The molecule has 23 heavy (non-hydrogen) atoms. The zero-order valence-electron chi connectivity index (χ0n) is 15.5. The minimum atomic E-state index is -0.478. The zero-order chi connectivity index (χ0) is 17.0. The van der Waals surface area contributed by atoms with Crippen LogP contribution in [0.1, 0.15) is 41.0 Å². The number of halogens is 1. The number of carbonyl (C=O) groups is 1. The lowest BCUT2D eigenvalue weighted by Crippen LogP contribution is -2.48. The Morgan fingerprint density at radius 2 is 1.87 bits per heavy atom. The van der Waals surface area contributed by atoms with Crippen molar-refractivity contribution in [1.82, 2.24) is 16.0 Å². The van der Waals surface area contributed by atoms with Gasteiger partial charge in [-0.05, 0) is 33.1 Å². The number of ether oxygens (including phenoxy) is 1. The highest BCUT2D eigenvalue weighted by molar-refractivity contribution is 14.0. The summed E-state index contributed by atoms with van der Waals surface area (Å²) in [6.45, 7) is 13.5. The maximum Gasteiger partial charge on any atom is 0.227 e. The first kappa shape index (κ1) is 24.7. The Bertz CT molecular complexity index is 347. The summed E-state index contributed by atoms with van der Waals surface area (Å²) in [4.78, 5) is 16.1. The summed E-state index contributed by atoms with van der Waals surface area (Å²) >= 11 is 0. The maximum atomic E-state index is 11.9. The number of amides is 1. The SMILES string of the molecule is CCNC(=O)C(C)(C)CNC(=NC)NCCCOCC(C)C.I. The normalized spacial score (nSPS) is 11.9. The molecule has 0 bridgehead atoms. The van der Waals surface area contributed by atoms with Gasteiger partial charge < -0.3 is 20.7 Å². The van der Waals surface area contributed by atoms with Gasteiger partial charge in [0.2, 0.25) is 5.91 Å². The number of aliphatic imine (C=N–C) groups is 1. The third kappa shape index (κ3) is 12.5. The second kappa shape index (κ2) is 13.8. The van der Waals surface area contributed by atoms with Crippen LogP contribution in [0.3, 0.4) is 0 Å². The quantitative estimate of drug-likeness (QED) is 0.209. The van der Waals surface area contributed by atoms with Crippen LogP contribution in [0.2, 0.25) is 0 Å². The Labute approximate surface area is 158 Å². The van der Waals surface area contributed by atoms with Crippen LogP contribution in [0, 0.1) is 11.3 Å². The summed E-state index contributed by atoms with van der Waals surface area (Å²) in [7, 11) is 1.73. The molecule has 0 aromatic rings. The molecule has 0 aromatic heterocycles. The van der Waals surface area contributed by atoms with Gasteiger partial charge in [-0.2, -0.15) is 0 Å². The topological polar surface area (TPSA) is 74.8 Å². The minimum Gasteiger partial charge on any atom is -0.381 e. The summed E-state index contributed by atoms with van der Waals surface area (Å²) in [5.74, 6) is 1.32. The third-order valence-corrected chi connectivity index (χ3v) is 3.08. The van der Waals surface area contributed by atoms with Gasteiger partial charge in [-0.3, -0.25) is 9.79 Å². The fourth-order valence-electron chi connectivity index (χ4n) is 1.71. The second-order valence-corrected chi connectivity index (χ2v) is 6.42. The van der Waals surface area contributed by atoms with Crippen LogP contribution >= 0.6 is 24.0 Å². The van der Waals surface area contributed by atoms with Crippen molar-refractivity contribution in [3.8, 4) is 0 Å². The first-order chi connectivity index (χ1) is 10.3. The molecule has 0 aromatic carbocycles. The van der Waals surface area contributed by atoms with Gasteiger partial charge in [0.25, 0.3) is 0 Å². The second-order valence-electron chi connectivity index (χ2n) is 6.42. The highest BCUT2D eigenvalue weighted by Gasteiger charge is 2.27. The van der Waals surface area contributed by atoms with E-state index in [-0.39, 0.29) is 29.9 Å². The molecule has 0 aliphatic rings. The zero-order valence-corrected chi connectivity index (χ0v) is 17.8. The smallest absolute Gasteiger partial charge is 0.227 e. The van der Waals surface area contributed by atoms with Crippen LogP contribution in [0.5, 0.6) is 0 Å². The van der Waals surface area contributed by atoms with Gasteiger partial charge in [-0.25, -0.2) is 0 Å². The predicted octanol–water partition coefficient (Wildman–Crippen LogP) is 1.99. The lowest BCUT2D eigenvalue weighted by molar-refractivity contribution is -0.128.